The molecule has 0 spiro atoms. The van der Waals surface area contributed by atoms with Crippen LogP contribution in [0.2, 0.25) is 0 Å². The predicted molar refractivity (Wildman–Crippen MR) is 163 cm³/mol. The minimum absolute atomic E-state index is 1.11. The molecule has 0 aliphatic rings. The second kappa shape index (κ2) is 9.41. The van der Waals surface area contributed by atoms with Crippen LogP contribution >= 0.6 is 0 Å². The maximum Gasteiger partial charge on any atom is -0.00264 e. The van der Waals surface area contributed by atoms with E-state index >= 15 is 0 Å². The van der Waals surface area contributed by atoms with Gasteiger partial charge < -0.3 is 0 Å². The van der Waals surface area contributed by atoms with E-state index in [1.165, 1.54) is 60.5 Å². The molecule has 0 amide bonds. The van der Waals surface area contributed by atoms with E-state index in [-0.39, 0.29) is 0 Å². The van der Waals surface area contributed by atoms with Crippen LogP contribution in [0.5, 0.6) is 0 Å². The molecule has 0 nitrogen and oxygen atoms in total. The van der Waals surface area contributed by atoms with Gasteiger partial charge in [-0.2, -0.15) is 0 Å². The maximum atomic E-state index is 4.25. The summed E-state index contributed by atoms with van der Waals surface area (Å²) >= 11 is 0. The van der Waals surface area contributed by atoms with Crippen molar-refractivity contribution in [2.75, 3.05) is 0 Å². The molecular weight excluding hydrogens is 444 g/mol. The van der Waals surface area contributed by atoms with E-state index in [9.17, 15) is 0 Å². The lowest BCUT2D eigenvalue weighted by Gasteiger charge is -2.20. The number of hydrogen-bond donors (Lipinski definition) is 0. The van der Waals surface area contributed by atoms with Crippen LogP contribution in [-0.2, 0) is 0 Å². The zero-order chi connectivity index (χ0) is 25.4. The van der Waals surface area contributed by atoms with Gasteiger partial charge in [0.15, 0.2) is 0 Å². The first-order valence-corrected chi connectivity index (χ1v) is 12.7. The summed E-state index contributed by atoms with van der Waals surface area (Å²) in [6, 6.07) is 41.4. The van der Waals surface area contributed by atoms with Gasteiger partial charge >= 0.3 is 0 Å². The number of benzene rings is 6. The molecule has 6 aromatic rings. The van der Waals surface area contributed by atoms with Gasteiger partial charge in [-0.15, -0.1) is 0 Å². The third-order valence-electron chi connectivity index (χ3n) is 7.27. The summed E-state index contributed by atoms with van der Waals surface area (Å²) in [4.78, 5) is 0. The molecule has 6 rings (SSSR count). The highest BCUT2D eigenvalue weighted by atomic mass is 14.2. The monoisotopic (exact) mass is 472 g/mol. The molecule has 0 aromatic heterocycles. The number of aryl methyl sites for hydroxylation is 1. The lowest BCUT2D eigenvalue weighted by atomic mass is 9.83. The first-order chi connectivity index (χ1) is 18.2. The average molecular weight is 473 g/mol. The summed E-state index contributed by atoms with van der Waals surface area (Å²) in [5, 5.41) is 4.93. The Kier molecular flexibility index (Phi) is 5.79. The zero-order valence-corrected chi connectivity index (χ0v) is 21.0. The van der Waals surface area contributed by atoms with Crippen LogP contribution in [0.3, 0.4) is 0 Å². The minimum atomic E-state index is 1.11. The summed E-state index contributed by atoms with van der Waals surface area (Å²) in [5.74, 6) is 0. The third kappa shape index (κ3) is 3.97. The fraction of sp³-hybridized carbons (Fsp3) is 0.0270. The van der Waals surface area contributed by atoms with Crippen LogP contribution < -0.4 is 0 Å². The Morgan fingerprint density at radius 2 is 0.946 bits per heavy atom. The SMILES string of the molecule is C=Cc1c(C=C)c(-c2ccc3cc(C)ccc3c2)c2ccccc2c1-c1ccc(-c2ccccc2)cc1. The molecule has 0 saturated carbocycles. The van der Waals surface area contributed by atoms with Crippen molar-refractivity contribution in [2.45, 2.75) is 6.92 Å². The van der Waals surface area contributed by atoms with Gasteiger partial charge in [0.25, 0.3) is 0 Å². The predicted octanol–water partition coefficient (Wildman–Crippen LogP) is 10.6. The molecule has 0 aliphatic carbocycles. The highest BCUT2D eigenvalue weighted by Crippen LogP contribution is 2.44. The normalized spacial score (nSPS) is 11.1. The molecule has 37 heavy (non-hydrogen) atoms. The molecule has 0 bridgehead atoms. The molecular formula is C37H28. The number of rotatable bonds is 5. The minimum Gasteiger partial charge on any atom is -0.0984 e. The molecule has 176 valence electrons. The van der Waals surface area contributed by atoms with Gasteiger partial charge in [0, 0.05) is 0 Å². The Labute approximate surface area is 218 Å². The summed E-state index contributed by atoms with van der Waals surface area (Å²) in [5.41, 5.74) is 10.7. The average Bonchev–Trinajstić information content (AvgIpc) is 2.96. The van der Waals surface area contributed by atoms with Crippen molar-refractivity contribution in [3.8, 4) is 33.4 Å². The number of fused-ring (bicyclic) bond motifs is 2. The van der Waals surface area contributed by atoms with Gasteiger partial charge in [0.2, 0.25) is 0 Å². The molecule has 0 atom stereocenters. The van der Waals surface area contributed by atoms with Crippen molar-refractivity contribution in [1.82, 2.24) is 0 Å². The highest BCUT2D eigenvalue weighted by Gasteiger charge is 2.19. The van der Waals surface area contributed by atoms with E-state index in [1.54, 1.807) is 0 Å². The van der Waals surface area contributed by atoms with Crippen LogP contribution in [0, 0.1) is 6.92 Å². The van der Waals surface area contributed by atoms with E-state index in [4.69, 9.17) is 0 Å². The van der Waals surface area contributed by atoms with Crippen LogP contribution in [0.1, 0.15) is 16.7 Å². The fourth-order valence-electron chi connectivity index (χ4n) is 5.51. The summed E-state index contributed by atoms with van der Waals surface area (Å²) in [7, 11) is 0. The second-order valence-electron chi connectivity index (χ2n) is 9.54. The summed E-state index contributed by atoms with van der Waals surface area (Å²) < 4.78 is 0. The quantitative estimate of drug-likeness (QED) is 0.234. The Morgan fingerprint density at radius 1 is 0.459 bits per heavy atom. The Hall–Kier alpha value is -4.68. The fourth-order valence-corrected chi connectivity index (χ4v) is 5.51. The molecule has 0 heteroatoms. The van der Waals surface area contributed by atoms with Gasteiger partial charge in [-0.25, -0.2) is 0 Å². The Balaban J connectivity index is 1.61. The van der Waals surface area contributed by atoms with Crippen LogP contribution in [-0.4, -0.2) is 0 Å². The molecule has 0 saturated heterocycles. The summed E-state index contributed by atoms with van der Waals surface area (Å²) in [6.45, 7) is 10.6. The molecule has 0 radical (unpaired) electrons. The smallest absolute Gasteiger partial charge is 0.00264 e. The van der Waals surface area contributed by atoms with Crippen LogP contribution in [0.15, 0.2) is 128 Å². The van der Waals surface area contributed by atoms with Crippen LogP contribution in [0.4, 0.5) is 0 Å². The molecule has 0 aliphatic heterocycles. The first-order valence-electron chi connectivity index (χ1n) is 12.7. The zero-order valence-electron chi connectivity index (χ0n) is 21.0. The van der Waals surface area contributed by atoms with Gasteiger partial charge in [0.1, 0.15) is 0 Å². The van der Waals surface area contributed by atoms with Gasteiger partial charge in [-0.1, -0.05) is 140 Å². The lowest BCUT2D eigenvalue weighted by molar-refractivity contribution is 1.50. The van der Waals surface area contributed by atoms with Gasteiger partial charge in [-0.05, 0) is 79.0 Å². The van der Waals surface area contributed by atoms with E-state index in [0.717, 1.165) is 11.1 Å². The highest BCUT2D eigenvalue weighted by molar-refractivity contribution is 6.12. The standard InChI is InChI=1S/C37H28/c1-4-32-33(5-2)37(31-22-21-29-23-25(3)15-16-30(29)24-31)35-14-10-9-13-34(35)36(32)28-19-17-27(18-20-28)26-11-7-6-8-12-26/h4-24H,1-2H2,3H3. The molecule has 0 fully saturated rings. The van der Waals surface area contributed by atoms with Crippen molar-refractivity contribution < 1.29 is 0 Å². The molecule has 0 N–H and O–H groups in total. The van der Waals surface area contributed by atoms with Crippen molar-refractivity contribution in [3.63, 3.8) is 0 Å². The van der Waals surface area contributed by atoms with Crippen molar-refractivity contribution in [3.05, 3.63) is 145 Å². The van der Waals surface area contributed by atoms with Gasteiger partial charge in [-0.3, -0.25) is 0 Å². The van der Waals surface area contributed by atoms with E-state index in [0.29, 0.717) is 0 Å². The maximum absolute atomic E-state index is 4.25. The van der Waals surface area contributed by atoms with E-state index in [2.05, 4.69) is 135 Å². The topological polar surface area (TPSA) is 0 Å². The van der Waals surface area contributed by atoms with Crippen molar-refractivity contribution >= 4 is 33.7 Å². The van der Waals surface area contributed by atoms with Crippen LogP contribution in [0.25, 0.3) is 67.1 Å². The third-order valence-corrected chi connectivity index (χ3v) is 7.27. The van der Waals surface area contributed by atoms with E-state index < -0.39 is 0 Å². The van der Waals surface area contributed by atoms with E-state index in [1.807, 2.05) is 12.2 Å². The number of hydrogen-bond acceptors (Lipinski definition) is 0. The second-order valence-corrected chi connectivity index (χ2v) is 9.54. The lowest BCUT2D eigenvalue weighted by Crippen LogP contribution is -1.96. The van der Waals surface area contributed by atoms with Crippen molar-refractivity contribution in [1.29, 1.82) is 0 Å². The molecule has 6 aromatic carbocycles. The Morgan fingerprint density at radius 3 is 1.59 bits per heavy atom. The molecule has 0 unspecified atom stereocenters. The summed E-state index contributed by atoms with van der Waals surface area (Å²) in [6.07, 6.45) is 3.97. The largest absolute Gasteiger partial charge is 0.0984 e. The molecule has 0 heterocycles. The Bertz CT molecular complexity index is 1780. The first kappa shape index (κ1) is 22.8. The van der Waals surface area contributed by atoms with Crippen molar-refractivity contribution in [2.24, 2.45) is 0 Å². The van der Waals surface area contributed by atoms with Gasteiger partial charge in [0.05, 0.1) is 0 Å².